The quantitative estimate of drug-likeness (QED) is 0.711. The van der Waals surface area contributed by atoms with Gasteiger partial charge in [0.25, 0.3) is 0 Å². The molecule has 3 aromatic heterocycles. The van der Waals surface area contributed by atoms with Crippen molar-refractivity contribution in [3.05, 3.63) is 78.6 Å². The molecule has 0 radical (unpaired) electrons. The van der Waals surface area contributed by atoms with Gasteiger partial charge in [-0.05, 0) is 36.4 Å². The topological polar surface area (TPSA) is 46.3 Å². The predicted molar refractivity (Wildman–Crippen MR) is 104 cm³/mol. The number of aliphatic imine (C=N–C) groups is 1. The molecule has 3 atom stereocenters. The van der Waals surface area contributed by atoms with E-state index >= 15 is 0 Å². The van der Waals surface area contributed by atoms with Gasteiger partial charge in [0.05, 0.1) is 23.6 Å². The van der Waals surface area contributed by atoms with E-state index in [2.05, 4.69) is 56.8 Å². The van der Waals surface area contributed by atoms with Gasteiger partial charge in [0.1, 0.15) is 6.04 Å². The highest BCUT2D eigenvalue weighted by Crippen LogP contribution is 2.47. The highest BCUT2D eigenvalue weighted by Gasteiger charge is 2.44. The molecule has 5 nitrogen and oxygen atoms in total. The minimum Gasteiger partial charge on any atom is -0.339 e. The number of nitrogens with zero attached hydrogens (tertiary/aromatic N) is 5. The van der Waals surface area contributed by atoms with Crippen LogP contribution in [0.1, 0.15) is 30.4 Å². The molecule has 1 saturated heterocycles. The average molecular weight is 361 g/mol. The van der Waals surface area contributed by atoms with E-state index in [0.717, 1.165) is 23.1 Å². The smallest absolute Gasteiger partial charge is 0.160 e. The summed E-state index contributed by atoms with van der Waals surface area (Å²) < 4.78 is 2.22. The van der Waals surface area contributed by atoms with E-state index in [-0.39, 0.29) is 12.1 Å². The second kappa shape index (κ2) is 6.29. The van der Waals surface area contributed by atoms with E-state index in [1.165, 1.54) is 5.69 Å². The van der Waals surface area contributed by atoms with Crippen molar-refractivity contribution in [3.63, 3.8) is 0 Å². The normalized spacial score (nSPS) is 24.6. The van der Waals surface area contributed by atoms with Gasteiger partial charge in [-0.3, -0.25) is 15.0 Å². The summed E-state index contributed by atoms with van der Waals surface area (Å²) in [5.74, 6) is 0. The Morgan fingerprint density at radius 1 is 1.08 bits per heavy atom. The summed E-state index contributed by atoms with van der Waals surface area (Å²) in [7, 11) is 0. The van der Waals surface area contributed by atoms with Crippen LogP contribution in [-0.2, 0) is 0 Å². The van der Waals surface area contributed by atoms with Crippen LogP contribution < -0.4 is 0 Å². The van der Waals surface area contributed by atoms with E-state index in [1.54, 1.807) is 6.20 Å². The van der Waals surface area contributed by atoms with Crippen LogP contribution >= 0.6 is 11.8 Å². The van der Waals surface area contributed by atoms with Crippen molar-refractivity contribution < 1.29 is 0 Å². The molecule has 5 rings (SSSR count). The standard InChI is InChI=1S/C20H19N5S/c1-14-13-25-19(17-8-5-11-24(17)15-6-4-9-21-12-15)18(23-20(25)26-14)16-7-2-3-10-22-16/h2-12,14,18-19H,13H2,1H3. The third-order valence-corrected chi connectivity index (χ3v) is 5.99. The Labute approximate surface area is 156 Å². The first kappa shape index (κ1) is 15.6. The van der Waals surface area contributed by atoms with Crippen LogP contribution in [0.25, 0.3) is 5.69 Å². The zero-order valence-electron chi connectivity index (χ0n) is 14.4. The molecule has 6 heteroatoms. The SMILES string of the molecule is CC1CN2C(=NC(c3ccccn3)C2c2cccn2-c2cccnc2)S1. The van der Waals surface area contributed by atoms with Crippen LogP contribution in [0.3, 0.4) is 0 Å². The molecule has 1 fully saturated rings. The molecule has 0 saturated carbocycles. The molecular formula is C20H19N5S. The van der Waals surface area contributed by atoms with Crippen molar-refractivity contribution in [2.75, 3.05) is 6.54 Å². The molecule has 0 N–H and O–H groups in total. The number of pyridine rings is 2. The Hall–Kier alpha value is -2.60. The van der Waals surface area contributed by atoms with Crippen LogP contribution in [0.2, 0.25) is 0 Å². The molecule has 0 aromatic carbocycles. The van der Waals surface area contributed by atoms with E-state index in [1.807, 2.05) is 42.4 Å². The number of rotatable bonds is 3. The minimum absolute atomic E-state index is 0.0107. The maximum absolute atomic E-state index is 5.06. The van der Waals surface area contributed by atoms with Gasteiger partial charge < -0.3 is 9.47 Å². The summed E-state index contributed by atoms with van der Waals surface area (Å²) in [6.45, 7) is 3.27. The lowest BCUT2D eigenvalue weighted by molar-refractivity contribution is 0.312. The predicted octanol–water partition coefficient (Wildman–Crippen LogP) is 3.86. The number of aromatic nitrogens is 3. The van der Waals surface area contributed by atoms with Crippen molar-refractivity contribution in [2.45, 2.75) is 24.3 Å². The zero-order chi connectivity index (χ0) is 17.5. The minimum atomic E-state index is 0.0107. The molecule has 3 unspecified atom stereocenters. The lowest BCUT2D eigenvalue weighted by Gasteiger charge is -2.28. The number of fused-ring (bicyclic) bond motifs is 1. The van der Waals surface area contributed by atoms with Crippen LogP contribution in [-0.4, -0.2) is 36.4 Å². The lowest BCUT2D eigenvalue weighted by atomic mass is 10.0. The van der Waals surface area contributed by atoms with Crippen molar-refractivity contribution in [2.24, 2.45) is 4.99 Å². The van der Waals surface area contributed by atoms with E-state index < -0.39 is 0 Å². The van der Waals surface area contributed by atoms with Crippen LogP contribution in [0.5, 0.6) is 0 Å². The van der Waals surface area contributed by atoms with Gasteiger partial charge in [-0.25, -0.2) is 0 Å². The summed E-state index contributed by atoms with van der Waals surface area (Å²) >= 11 is 1.86. The molecule has 2 aliphatic rings. The lowest BCUT2D eigenvalue weighted by Crippen LogP contribution is -2.30. The molecule has 0 aliphatic carbocycles. The first-order valence-electron chi connectivity index (χ1n) is 8.81. The second-order valence-corrected chi connectivity index (χ2v) is 8.06. The number of hydrogen-bond donors (Lipinski definition) is 0. The highest BCUT2D eigenvalue weighted by atomic mass is 32.2. The van der Waals surface area contributed by atoms with Crippen LogP contribution in [0.15, 0.2) is 72.2 Å². The van der Waals surface area contributed by atoms with E-state index in [0.29, 0.717) is 5.25 Å². The fourth-order valence-corrected chi connectivity index (χ4v) is 4.90. The Balaban J connectivity index is 1.62. The zero-order valence-corrected chi connectivity index (χ0v) is 15.3. The van der Waals surface area contributed by atoms with Crippen LogP contribution in [0, 0.1) is 0 Å². The molecule has 26 heavy (non-hydrogen) atoms. The first-order valence-corrected chi connectivity index (χ1v) is 9.69. The molecular weight excluding hydrogens is 342 g/mol. The Bertz CT molecular complexity index is 937. The molecule has 0 bridgehead atoms. The fraction of sp³-hybridized carbons (Fsp3) is 0.250. The van der Waals surface area contributed by atoms with Crippen molar-refractivity contribution in [3.8, 4) is 5.69 Å². The van der Waals surface area contributed by atoms with Gasteiger partial charge in [-0.1, -0.05) is 24.8 Å². The summed E-state index contributed by atoms with van der Waals surface area (Å²) in [4.78, 5) is 16.4. The van der Waals surface area contributed by atoms with Crippen molar-refractivity contribution in [1.29, 1.82) is 0 Å². The van der Waals surface area contributed by atoms with Crippen LogP contribution in [0.4, 0.5) is 0 Å². The fourth-order valence-electron chi connectivity index (χ4n) is 3.80. The number of amidine groups is 1. The second-order valence-electron chi connectivity index (χ2n) is 6.65. The molecule has 0 amide bonds. The van der Waals surface area contributed by atoms with Gasteiger partial charge in [0.2, 0.25) is 0 Å². The Morgan fingerprint density at radius 2 is 2.04 bits per heavy atom. The van der Waals surface area contributed by atoms with E-state index in [4.69, 9.17) is 4.99 Å². The Kier molecular flexibility index (Phi) is 3.78. The van der Waals surface area contributed by atoms with Gasteiger partial charge in [-0.15, -0.1) is 0 Å². The van der Waals surface area contributed by atoms with Crippen molar-refractivity contribution >= 4 is 16.9 Å². The average Bonchev–Trinajstić information content (AvgIpc) is 3.37. The Morgan fingerprint density at radius 3 is 2.85 bits per heavy atom. The van der Waals surface area contributed by atoms with E-state index in [9.17, 15) is 0 Å². The molecule has 5 heterocycles. The molecule has 2 aliphatic heterocycles. The highest BCUT2D eigenvalue weighted by molar-refractivity contribution is 8.14. The maximum Gasteiger partial charge on any atom is 0.160 e. The van der Waals surface area contributed by atoms with Gasteiger partial charge >= 0.3 is 0 Å². The third-order valence-electron chi connectivity index (χ3n) is 4.89. The summed E-state index contributed by atoms with van der Waals surface area (Å²) in [5.41, 5.74) is 3.31. The molecule has 0 spiro atoms. The van der Waals surface area contributed by atoms with Crippen molar-refractivity contribution in [1.82, 2.24) is 19.4 Å². The summed E-state index contributed by atoms with van der Waals surface area (Å²) in [6, 6.07) is 14.6. The number of thioether (sulfide) groups is 1. The number of hydrogen-bond acceptors (Lipinski definition) is 5. The summed E-state index contributed by atoms with van der Waals surface area (Å²) in [6.07, 6.45) is 7.66. The molecule has 130 valence electrons. The third kappa shape index (κ3) is 2.52. The van der Waals surface area contributed by atoms with Gasteiger partial charge in [0, 0.05) is 36.1 Å². The monoisotopic (exact) mass is 361 g/mol. The first-order chi connectivity index (χ1) is 12.8. The maximum atomic E-state index is 5.06. The molecule has 3 aromatic rings. The summed E-state index contributed by atoms with van der Waals surface area (Å²) in [5, 5.41) is 1.69. The largest absolute Gasteiger partial charge is 0.339 e. The van der Waals surface area contributed by atoms with Gasteiger partial charge in [-0.2, -0.15) is 0 Å². The van der Waals surface area contributed by atoms with Gasteiger partial charge in [0.15, 0.2) is 5.17 Å².